The van der Waals surface area contributed by atoms with Crippen molar-refractivity contribution in [1.82, 2.24) is 10.3 Å². The van der Waals surface area contributed by atoms with Crippen LogP contribution in [-0.2, 0) is 13.1 Å². The lowest BCUT2D eigenvalue weighted by Crippen LogP contribution is -2.19. The van der Waals surface area contributed by atoms with E-state index in [2.05, 4.69) is 65.6 Å². The van der Waals surface area contributed by atoms with E-state index in [-0.39, 0.29) is 0 Å². The van der Waals surface area contributed by atoms with Crippen molar-refractivity contribution in [3.8, 4) is 0 Å². The Balaban J connectivity index is 2.12. The van der Waals surface area contributed by atoms with E-state index in [1.165, 1.54) is 11.3 Å². The van der Waals surface area contributed by atoms with Gasteiger partial charge in [-0.25, -0.2) is 0 Å². The van der Waals surface area contributed by atoms with Crippen LogP contribution in [0.3, 0.4) is 0 Å². The average molecular weight is 255 g/mol. The molecule has 3 nitrogen and oxygen atoms in total. The predicted molar refractivity (Wildman–Crippen MR) is 80.3 cm³/mol. The van der Waals surface area contributed by atoms with E-state index in [1.807, 2.05) is 13.1 Å². The van der Waals surface area contributed by atoms with Gasteiger partial charge in [0.2, 0.25) is 0 Å². The molecule has 2 rings (SSSR count). The van der Waals surface area contributed by atoms with Gasteiger partial charge in [-0.1, -0.05) is 24.3 Å². The van der Waals surface area contributed by atoms with Gasteiger partial charge in [0.05, 0.1) is 17.9 Å². The molecule has 0 amide bonds. The van der Waals surface area contributed by atoms with Crippen LogP contribution in [0.4, 0.5) is 5.69 Å². The Labute approximate surface area is 115 Å². The number of aromatic nitrogens is 1. The summed E-state index contributed by atoms with van der Waals surface area (Å²) in [7, 11) is 4.04. The molecule has 0 aliphatic heterocycles. The van der Waals surface area contributed by atoms with Gasteiger partial charge in [-0.15, -0.1) is 0 Å². The third kappa shape index (κ3) is 3.55. The highest BCUT2D eigenvalue weighted by Gasteiger charge is 2.06. The molecule has 19 heavy (non-hydrogen) atoms. The van der Waals surface area contributed by atoms with Crippen molar-refractivity contribution >= 4 is 5.69 Å². The number of nitrogens with zero attached hydrogens (tertiary/aromatic N) is 2. The third-order valence-electron chi connectivity index (χ3n) is 3.15. The Morgan fingerprint density at radius 2 is 1.79 bits per heavy atom. The second-order valence-corrected chi connectivity index (χ2v) is 4.79. The molecule has 100 valence electrons. The fourth-order valence-electron chi connectivity index (χ4n) is 2.22. The van der Waals surface area contributed by atoms with Crippen LogP contribution in [-0.4, -0.2) is 19.1 Å². The fourth-order valence-corrected chi connectivity index (χ4v) is 2.22. The molecule has 1 aromatic heterocycles. The number of hydrogen-bond donors (Lipinski definition) is 1. The number of pyridine rings is 1. The maximum absolute atomic E-state index is 4.65. The van der Waals surface area contributed by atoms with Crippen molar-refractivity contribution in [1.29, 1.82) is 0 Å². The standard InChI is InChI=1S/C16H21N3/c1-13-7-4-5-10-16(13)19(3)12-15-9-6-8-14(18-15)11-17-2/h4-10,17H,11-12H2,1-3H3. The summed E-state index contributed by atoms with van der Waals surface area (Å²) < 4.78 is 0. The first-order chi connectivity index (χ1) is 9.20. The topological polar surface area (TPSA) is 28.2 Å². The minimum absolute atomic E-state index is 0.807. The number of nitrogens with one attached hydrogen (secondary N) is 1. The van der Waals surface area contributed by atoms with Crippen molar-refractivity contribution in [3.63, 3.8) is 0 Å². The molecule has 0 saturated heterocycles. The SMILES string of the molecule is CNCc1cccc(CN(C)c2ccccc2C)n1. The Morgan fingerprint density at radius 3 is 2.53 bits per heavy atom. The van der Waals surface area contributed by atoms with Gasteiger partial charge in [0.15, 0.2) is 0 Å². The van der Waals surface area contributed by atoms with E-state index in [1.54, 1.807) is 0 Å². The van der Waals surface area contributed by atoms with Gasteiger partial charge in [0, 0.05) is 19.3 Å². The number of rotatable bonds is 5. The molecule has 3 heteroatoms. The van der Waals surface area contributed by atoms with Gasteiger partial charge in [-0.05, 0) is 37.7 Å². The van der Waals surface area contributed by atoms with E-state index < -0.39 is 0 Å². The van der Waals surface area contributed by atoms with Crippen LogP contribution < -0.4 is 10.2 Å². The number of hydrogen-bond acceptors (Lipinski definition) is 3. The summed E-state index contributed by atoms with van der Waals surface area (Å²) in [6, 6.07) is 14.6. The van der Waals surface area contributed by atoms with Gasteiger partial charge in [0.25, 0.3) is 0 Å². The van der Waals surface area contributed by atoms with Crippen LogP contribution in [0.1, 0.15) is 17.0 Å². The highest BCUT2D eigenvalue weighted by atomic mass is 15.1. The monoisotopic (exact) mass is 255 g/mol. The van der Waals surface area contributed by atoms with Gasteiger partial charge in [-0.2, -0.15) is 0 Å². The first-order valence-electron chi connectivity index (χ1n) is 6.57. The molecule has 0 fully saturated rings. The molecular weight excluding hydrogens is 234 g/mol. The maximum atomic E-state index is 4.65. The zero-order valence-electron chi connectivity index (χ0n) is 11.9. The van der Waals surface area contributed by atoms with Crippen molar-refractivity contribution in [3.05, 3.63) is 59.4 Å². The van der Waals surface area contributed by atoms with E-state index in [4.69, 9.17) is 0 Å². The summed E-state index contributed by atoms with van der Waals surface area (Å²) >= 11 is 0. The van der Waals surface area contributed by atoms with Gasteiger partial charge in [0.1, 0.15) is 0 Å². The molecule has 0 saturated carbocycles. The largest absolute Gasteiger partial charge is 0.368 e. The summed E-state index contributed by atoms with van der Waals surface area (Å²) in [4.78, 5) is 6.89. The summed E-state index contributed by atoms with van der Waals surface area (Å²) in [5, 5.41) is 3.13. The molecule has 1 heterocycles. The third-order valence-corrected chi connectivity index (χ3v) is 3.15. The van der Waals surface area contributed by atoms with Crippen LogP contribution in [0.5, 0.6) is 0 Å². The number of benzene rings is 1. The average Bonchev–Trinajstić information content (AvgIpc) is 2.40. The fraction of sp³-hybridized carbons (Fsp3) is 0.312. The molecule has 0 spiro atoms. The summed E-state index contributed by atoms with van der Waals surface area (Å²) in [5.74, 6) is 0. The smallest absolute Gasteiger partial charge is 0.0600 e. The molecule has 0 aliphatic rings. The van der Waals surface area contributed by atoms with E-state index in [0.29, 0.717) is 0 Å². The molecule has 0 atom stereocenters. The van der Waals surface area contributed by atoms with Crippen LogP contribution in [0.2, 0.25) is 0 Å². The molecule has 0 bridgehead atoms. The van der Waals surface area contributed by atoms with Crippen LogP contribution in [0.25, 0.3) is 0 Å². The zero-order chi connectivity index (χ0) is 13.7. The molecule has 0 aliphatic carbocycles. The minimum Gasteiger partial charge on any atom is -0.368 e. The van der Waals surface area contributed by atoms with Crippen LogP contribution >= 0.6 is 0 Å². The molecule has 1 N–H and O–H groups in total. The summed E-state index contributed by atoms with van der Waals surface area (Å²) in [6.07, 6.45) is 0. The van der Waals surface area contributed by atoms with Crippen LogP contribution in [0, 0.1) is 6.92 Å². The van der Waals surface area contributed by atoms with Gasteiger partial charge >= 0.3 is 0 Å². The molecule has 2 aromatic rings. The van der Waals surface area contributed by atoms with Crippen LogP contribution in [0.15, 0.2) is 42.5 Å². The number of anilines is 1. The summed E-state index contributed by atoms with van der Waals surface area (Å²) in [5.41, 5.74) is 4.72. The van der Waals surface area contributed by atoms with Crippen molar-refractivity contribution in [2.45, 2.75) is 20.0 Å². The van der Waals surface area contributed by atoms with Crippen molar-refractivity contribution in [2.24, 2.45) is 0 Å². The highest BCUT2D eigenvalue weighted by molar-refractivity contribution is 5.52. The molecule has 1 aromatic carbocycles. The normalized spacial score (nSPS) is 10.5. The van der Waals surface area contributed by atoms with Crippen molar-refractivity contribution in [2.75, 3.05) is 19.0 Å². The Bertz CT molecular complexity index is 537. The Kier molecular flexibility index (Phi) is 4.53. The number of para-hydroxylation sites is 1. The first-order valence-corrected chi connectivity index (χ1v) is 6.57. The van der Waals surface area contributed by atoms with E-state index >= 15 is 0 Å². The Hall–Kier alpha value is -1.87. The molecular formula is C16H21N3. The lowest BCUT2D eigenvalue weighted by molar-refractivity contribution is 0.774. The predicted octanol–water partition coefficient (Wildman–Crippen LogP) is 2.75. The quantitative estimate of drug-likeness (QED) is 0.890. The lowest BCUT2D eigenvalue weighted by atomic mass is 10.2. The highest BCUT2D eigenvalue weighted by Crippen LogP contribution is 2.19. The van der Waals surface area contributed by atoms with Gasteiger partial charge in [-0.3, -0.25) is 4.98 Å². The maximum Gasteiger partial charge on any atom is 0.0600 e. The Morgan fingerprint density at radius 1 is 1.05 bits per heavy atom. The zero-order valence-corrected chi connectivity index (χ0v) is 11.9. The molecule has 0 radical (unpaired) electrons. The van der Waals surface area contributed by atoms with E-state index in [9.17, 15) is 0 Å². The summed E-state index contributed by atoms with van der Waals surface area (Å²) in [6.45, 7) is 3.76. The second kappa shape index (κ2) is 6.34. The van der Waals surface area contributed by atoms with E-state index in [0.717, 1.165) is 24.5 Å². The minimum atomic E-state index is 0.807. The number of aryl methyl sites for hydroxylation is 1. The van der Waals surface area contributed by atoms with Gasteiger partial charge < -0.3 is 10.2 Å². The second-order valence-electron chi connectivity index (χ2n) is 4.79. The first kappa shape index (κ1) is 13.6. The lowest BCUT2D eigenvalue weighted by Gasteiger charge is -2.21. The molecule has 0 unspecified atom stereocenters. The van der Waals surface area contributed by atoms with Crippen molar-refractivity contribution < 1.29 is 0 Å².